The van der Waals surface area contributed by atoms with E-state index in [-0.39, 0.29) is 5.78 Å². The standard InChI is InChI=1S/C15H23NO3/c1-11-9-15(19-4)13(10-14(11)18-3)6-8-16-7-5-12(2)17/h9-10,16H,5-8H2,1-4H3. The van der Waals surface area contributed by atoms with Gasteiger partial charge in [0, 0.05) is 13.0 Å². The molecule has 106 valence electrons. The molecule has 0 fully saturated rings. The van der Waals surface area contributed by atoms with Crippen LogP contribution in [0.3, 0.4) is 0 Å². The molecule has 0 aromatic heterocycles. The number of benzene rings is 1. The molecule has 0 aliphatic heterocycles. The quantitative estimate of drug-likeness (QED) is 0.731. The van der Waals surface area contributed by atoms with Crippen LogP contribution in [0.15, 0.2) is 12.1 Å². The van der Waals surface area contributed by atoms with Crippen LogP contribution in [0.1, 0.15) is 24.5 Å². The number of hydrogen-bond acceptors (Lipinski definition) is 4. The summed E-state index contributed by atoms with van der Waals surface area (Å²) in [4.78, 5) is 10.8. The first-order valence-electron chi connectivity index (χ1n) is 6.50. The Kier molecular flexibility index (Phi) is 6.36. The van der Waals surface area contributed by atoms with E-state index in [0.717, 1.165) is 42.1 Å². The number of carbonyl (C=O) groups is 1. The van der Waals surface area contributed by atoms with Crippen molar-refractivity contribution < 1.29 is 14.3 Å². The van der Waals surface area contributed by atoms with Crippen molar-refractivity contribution in [2.45, 2.75) is 26.7 Å². The molecule has 0 amide bonds. The van der Waals surface area contributed by atoms with Crippen LogP contribution in [-0.2, 0) is 11.2 Å². The second-order valence-electron chi connectivity index (χ2n) is 4.59. The van der Waals surface area contributed by atoms with Gasteiger partial charge in [-0.05, 0) is 50.1 Å². The molecule has 1 N–H and O–H groups in total. The van der Waals surface area contributed by atoms with E-state index in [2.05, 4.69) is 5.32 Å². The van der Waals surface area contributed by atoms with Gasteiger partial charge in [0.15, 0.2) is 0 Å². The minimum absolute atomic E-state index is 0.210. The zero-order valence-electron chi connectivity index (χ0n) is 12.2. The van der Waals surface area contributed by atoms with E-state index in [1.807, 2.05) is 19.1 Å². The van der Waals surface area contributed by atoms with Crippen LogP contribution in [0.25, 0.3) is 0 Å². The molecule has 0 saturated heterocycles. The maximum atomic E-state index is 10.8. The van der Waals surface area contributed by atoms with Gasteiger partial charge < -0.3 is 14.8 Å². The predicted octanol–water partition coefficient (Wildman–Crippen LogP) is 2.12. The molecule has 0 aliphatic rings. The van der Waals surface area contributed by atoms with Crippen LogP contribution < -0.4 is 14.8 Å². The fourth-order valence-corrected chi connectivity index (χ4v) is 1.92. The van der Waals surface area contributed by atoms with Gasteiger partial charge in [-0.3, -0.25) is 4.79 Å². The van der Waals surface area contributed by atoms with Gasteiger partial charge in [0.25, 0.3) is 0 Å². The minimum atomic E-state index is 0.210. The molecule has 19 heavy (non-hydrogen) atoms. The van der Waals surface area contributed by atoms with Gasteiger partial charge in [-0.25, -0.2) is 0 Å². The Balaban J connectivity index is 2.58. The van der Waals surface area contributed by atoms with E-state index in [9.17, 15) is 4.79 Å². The second kappa shape index (κ2) is 7.79. The first kappa shape index (κ1) is 15.5. The topological polar surface area (TPSA) is 47.6 Å². The minimum Gasteiger partial charge on any atom is -0.496 e. The molecular weight excluding hydrogens is 242 g/mol. The molecule has 1 aromatic carbocycles. The summed E-state index contributed by atoms with van der Waals surface area (Å²) in [6.07, 6.45) is 1.42. The predicted molar refractivity (Wildman–Crippen MR) is 76.2 cm³/mol. The molecule has 4 nitrogen and oxygen atoms in total. The molecule has 0 saturated carbocycles. The maximum absolute atomic E-state index is 10.8. The van der Waals surface area contributed by atoms with Crippen molar-refractivity contribution in [3.05, 3.63) is 23.3 Å². The highest BCUT2D eigenvalue weighted by Gasteiger charge is 2.08. The first-order chi connectivity index (χ1) is 9.08. The van der Waals surface area contributed by atoms with E-state index < -0.39 is 0 Å². The monoisotopic (exact) mass is 265 g/mol. The molecular formula is C15H23NO3. The van der Waals surface area contributed by atoms with Crippen LogP contribution in [0.5, 0.6) is 11.5 Å². The zero-order chi connectivity index (χ0) is 14.3. The van der Waals surface area contributed by atoms with Crippen LogP contribution >= 0.6 is 0 Å². The number of carbonyl (C=O) groups excluding carboxylic acids is 1. The van der Waals surface area contributed by atoms with Gasteiger partial charge in [-0.1, -0.05) is 0 Å². The van der Waals surface area contributed by atoms with Gasteiger partial charge in [0.1, 0.15) is 17.3 Å². The van der Waals surface area contributed by atoms with E-state index >= 15 is 0 Å². The van der Waals surface area contributed by atoms with Gasteiger partial charge in [0.05, 0.1) is 14.2 Å². The Morgan fingerprint density at radius 3 is 2.42 bits per heavy atom. The molecule has 0 atom stereocenters. The number of nitrogens with one attached hydrogen (secondary N) is 1. The molecule has 1 rings (SSSR count). The van der Waals surface area contributed by atoms with Crippen molar-refractivity contribution in [2.75, 3.05) is 27.3 Å². The van der Waals surface area contributed by atoms with Crippen molar-refractivity contribution in [3.8, 4) is 11.5 Å². The molecule has 4 heteroatoms. The van der Waals surface area contributed by atoms with Crippen molar-refractivity contribution in [1.82, 2.24) is 5.32 Å². The summed E-state index contributed by atoms with van der Waals surface area (Å²) in [6.45, 7) is 5.14. The van der Waals surface area contributed by atoms with Crippen molar-refractivity contribution in [2.24, 2.45) is 0 Å². The number of methoxy groups -OCH3 is 2. The summed E-state index contributed by atoms with van der Waals surface area (Å²) >= 11 is 0. The summed E-state index contributed by atoms with van der Waals surface area (Å²) in [5.74, 6) is 1.97. The third-order valence-electron chi connectivity index (χ3n) is 3.02. The fraction of sp³-hybridized carbons (Fsp3) is 0.533. The highest BCUT2D eigenvalue weighted by atomic mass is 16.5. The molecule has 0 aliphatic carbocycles. The number of ketones is 1. The Morgan fingerprint density at radius 1 is 1.16 bits per heavy atom. The number of Topliss-reactive ketones (excluding diaryl/α,β-unsaturated/α-hetero) is 1. The first-order valence-corrected chi connectivity index (χ1v) is 6.50. The number of aryl methyl sites for hydroxylation is 1. The van der Waals surface area contributed by atoms with Gasteiger partial charge in [-0.15, -0.1) is 0 Å². The Bertz CT molecular complexity index is 430. The maximum Gasteiger partial charge on any atom is 0.131 e. The Labute approximate surface area is 115 Å². The van der Waals surface area contributed by atoms with E-state index in [1.54, 1.807) is 21.1 Å². The van der Waals surface area contributed by atoms with E-state index in [0.29, 0.717) is 6.42 Å². The second-order valence-corrected chi connectivity index (χ2v) is 4.59. The van der Waals surface area contributed by atoms with Crippen LogP contribution in [0.4, 0.5) is 0 Å². The van der Waals surface area contributed by atoms with Gasteiger partial charge in [0.2, 0.25) is 0 Å². The molecule has 0 unspecified atom stereocenters. The smallest absolute Gasteiger partial charge is 0.131 e. The molecule has 0 spiro atoms. The van der Waals surface area contributed by atoms with Gasteiger partial charge in [-0.2, -0.15) is 0 Å². The summed E-state index contributed by atoms with van der Waals surface area (Å²) in [5.41, 5.74) is 2.17. The highest BCUT2D eigenvalue weighted by molar-refractivity contribution is 5.75. The van der Waals surface area contributed by atoms with E-state index in [1.165, 1.54) is 0 Å². The number of hydrogen-bond donors (Lipinski definition) is 1. The lowest BCUT2D eigenvalue weighted by Gasteiger charge is -2.13. The summed E-state index contributed by atoms with van der Waals surface area (Å²) in [6, 6.07) is 4.00. The van der Waals surface area contributed by atoms with Crippen LogP contribution in [-0.4, -0.2) is 33.1 Å². The lowest BCUT2D eigenvalue weighted by Crippen LogP contribution is -2.20. The number of ether oxygens (including phenoxy) is 2. The van der Waals surface area contributed by atoms with E-state index in [4.69, 9.17) is 9.47 Å². The van der Waals surface area contributed by atoms with Crippen molar-refractivity contribution >= 4 is 5.78 Å². The summed E-state index contributed by atoms with van der Waals surface area (Å²) in [7, 11) is 3.34. The lowest BCUT2D eigenvalue weighted by atomic mass is 10.1. The normalized spacial score (nSPS) is 10.3. The number of rotatable bonds is 8. The SMILES string of the molecule is COc1cc(CCNCCC(C)=O)c(OC)cc1C. The summed E-state index contributed by atoms with van der Waals surface area (Å²) in [5, 5.41) is 3.25. The zero-order valence-corrected chi connectivity index (χ0v) is 12.2. The van der Waals surface area contributed by atoms with Crippen molar-refractivity contribution in [3.63, 3.8) is 0 Å². The lowest BCUT2D eigenvalue weighted by molar-refractivity contribution is -0.116. The Morgan fingerprint density at radius 2 is 1.84 bits per heavy atom. The average Bonchev–Trinajstić information content (AvgIpc) is 2.38. The van der Waals surface area contributed by atoms with Crippen molar-refractivity contribution in [1.29, 1.82) is 0 Å². The average molecular weight is 265 g/mol. The Hall–Kier alpha value is -1.55. The molecule has 0 bridgehead atoms. The largest absolute Gasteiger partial charge is 0.496 e. The third kappa shape index (κ3) is 4.91. The highest BCUT2D eigenvalue weighted by Crippen LogP contribution is 2.28. The van der Waals surface area contributed by atoms with Crippen LogP contribution in [0, 0.1) is 6.92 Å². The molecule has 1 aromatic rings. The third-order valence-corrected chi connectivity index (χ3v) is 3.02. The van der Waals surface area contributed by atoms with Crippen LogP contribution in [0.2, 0.25) is 0 Å². The molecule has 0 radical (unpaired) electrons. The fourth-order valence-electron chi connectivity index (χ4n) is 1.92. The molecule has 0 heterocycles. The summed E-state index contributed by atoms with van der Waals surface area (Å²) < 4.78 is 10.7. The van der Waals surface area contributed by atoms with Gasteiger partial charge >= 0.3 is 0 Å².